The zero-order valence-electron chi connectivity index (χ0n) is 9.36. The predicted octanol–water partition coefficient (Wildman–Crippen LogP) is 2.26. The van der Waals surface area contributed by atoms with Gasteiger partial charge in [-0.1, -0.05) is 6.92 Å². The molecule has 82 valence electrons. The Hall–Kier alpha value is -1.09. The molecule has 1 aromatic rings. The molecule has 3 heteroatoms. The van der Waals surface area contributed by atoms with Crippen LogP contribution in [0.1, 0.15) is 31.1 Å². The fourth-order valence-corrected chi connectivity index (χ4v) is 2.39. The van der Waals surface area contributed by atoms with Gasteiger partial charge in [0.2, 0.25) is 0 Å². The quantitative estimate of drug-likeness (QED) is 0.756. The Balaban J connectivity index is 2.20. The van der Waals surface area contributed by atoms with Gasteiger partial charge in [-0.25, -0.2) is 0 Å². The molecule has 1 fully saturated rings. The molecule has 0 aromatic carbocycles. The van der Waals surface area contributed by atoms with Crippen LogP contribution < -0.4 is 0 Å². The first-order valence-electron chi connectivity index (χ1n) is 5.43. The van der Waals surface area contributed by atoms with Gasteiger partial charge in [0.05, 0.1) is 18.1 Å². The predicted molar refractivity (Wildman–Crippen MR) is 57.8 cm³/mol. The summed E-state index contributed by atoms with van der Waals surface area (Å²) in [6.45, 7) is 6.10. The van der Waals surface area contributed by atoms with Crippen molar-refractivity contribution in [2.24, 2.45) is 11.8 Å². The Morgan fingerprint density at radius 2 is 2.07 bits per heavy atom. The molecular formula is C12H17NO2. The van der Waals surface area contributed by atoms with Gasteiger partial charge in [0.1, 0.15) is 0 Å². The van der Waals surface area contributed by atoms with Crippen LogP contribution in [0.2, 0.25) is 0 Å². The zero-order valence-corrected chi connectivity index (χ0v) is 9.36. The first-order valence-corrected chi connectivity index (χ1v) is 5.43. The third kappa shape index (κ3) is 1.72. The number of ether oxygens (including phenoxy) is 1. The number of carbonyl (C=O) groups excluding carboxylic acids is 1. The molecule has 0 saturated carbocycles. The molecule has 1 aromatic heterocycles. The molecule has 2 heterocycles. The fourth-order valence-electron chi connectivity index (χ4n) is 2.39. The monoisotopic (exact) mass is 207 g/mol. The summed E-state index contributed by atoms with van der Waals surface area (Å²) in [7, 11) is 0. The van der Waals surface area contributed by atoms with E-state index in [1.54, 1.807) is 12.4 Å². The molecular weight excluding hydrogens is 190 g/mol. The highest BCUT2D eigenvalue weighted by Gasteiger charge is 2.41. The lowest BCUT2D eigenvalue weighted by Crippen LogP contribution is -2.26. The summed E-state index contributed by atoms with van der Waals surface area (Å²) < 4.78 is 5.67. The number of ketones is 1. The van der Waals surface area contributed by atoms with Crippen LogP contribution in [0.15, 0.2) is 18.5 Å². The van der Waals surface area contributed by atoms with Crippen LogP contribution in [0.3, 0.4) is 0 Å². The van der Waals surface area contributed by atoms with E-state index in [1.807, 2.05) is 19.9 Å². The highest BCUT2D eigenvalue weighted by atomic mass is 16.5. The maximum atomic E-state index is 12.2. The number of aromatic nitrogens is 1. The highest BCUT2D eigenvalue weighted by molar-refractivity contribution is 5.98. The molecule has 2 rings (SSSR count). The van der Waals surface area contributed by atoms with Crippen molar-refractivity contribution in [1.29, 1.82) is 0 Å². The lowest BCUT2D eigenvalue weighted by Gasteiger charge is -2.15. The lowest BCUT2D eigenvalue weighted by molar-refractivity contribution is 0.0491. The Morgan fingerprint density at radius 3 is 2.53 bits per heavy atom. The number of hydrogen-bond donors (Lipinski definition) is 1. The number of nitrogens with one attached hydrogen (secondary N) is 1. The van der Waals surface area contributed by atoms with Crippen molar-refractivity contribution in [3.05, 3.63) is 24.0 Å². The average molecular weight is 207 g/mol. The second kappa shape index (κ2) is 3.81. The number of rotatable bonds is 2. The summed E-state index contributed by atoms with van der Waals surface area (Å²) in [5.74, 6) is 0.485. The Bertz CT molecular complexity index is 345. The van der Waals surface area contributed by atoms with Crippen LogP contribution in [0.25, 0.3) is 0 Å². The molecule has 1 aliphatic heterocycles. The first kappa shape index (κ1) is 10.4. The summed E-state index contributed by atoms with van der Waals surface area (Å²) in [6.07, 6.45) is 3.73. The minimum absolute atomic E-state index is 0.00389. The summed E-state index contributed by atoms with van der Waals surface area (Å²) in [5.41, 5.74) is 0.761. The van der Waals surface area contributed by atoms with E-state index < -0.39 is 0 Å². The summed E-state index contributed by atoms with van der Waals surface area (Å²) in [5, 5.41) is 0. The molecule has 0 radical (unpaired) electrons. The van der Waals surface area contributed by atoms with Gasteiger partial charge < -0.3 is 9.72 Å². The average Bonchev–Trinajstić information content (AvgIpc) is 2.76. The first-order chi connectivity index (χ1) is 7.11. The van der Waals surface area contributed by atoms with Crippen molar-refractivity contribution in [3.8, 4) is 0 Å². The lowest BCUT2D eigenvalue weighted by atomic mass is 9.84. The number of aromatic amines is 1. The molecule has 0 amide bonds. The number of carbonyl (C=O) groups is 1. The van der Waals surface area contributed by atoms with Crippen molar-refractivity contribution < 1.29 is 9.53 Å². The highest BCUT2D eigenvalue weighted by Crippen LogP contribution is 2.34. The van der Waals surface area contributed by atoms with E-state index in [1.165, 1.54) is 0 Å². The van der Waals surface area contributed by atoms with E-state index in [2.05, 4.69) is 11.9 Å². The van der Waals surface area contributed by atoms with E-state index >= 15 is 0 Å². The second-order valence-corrected chi connectivity index (χ2v) is 4.40. The van der Waals surface area contributed by atoms with E-state index in [-0.39, 0.29) is 23.9 Å². The van der Waals surface area contributed by atoms with E-state index in [0.29, 0.717) is 5.92 Å². The molecule has 4 atom stereocenters. The van der Waals surface area contributed by atoms with Crippen LogP contribution in [0.4, 0.5) is 0 Å². The number of H-pyrrole nitrogens is 1. The fraction of sp³-hybridized carbons (Fsp3) is 0.583. The van der Waals surface area contributed by atoms with Crippen LogP contribution in [-0.4, -0.2) is 23.0 Å². The van der Waals surface area contributed by atoms with E-state index in [0.717, 1.165) is 5.56 Å². The number of Topliss-reactive ketones (excluding diaryl/α,β-unsaturated/α-hetero) is 1. The van der Waals surface area contributed by atoms with Crippen LogP contribution >= 0.6 is 0 Å². The molecule has 1 N–H and O–H groups in total. The maximum Gasteiger partial charge on any atom is 0.170 e. The van der Waals surface area contributed by atoms with Gasteiger partial charge in [-0.05, 0) is 25.8 Å². The van der Waals surface area contributed by atoms with Crippen molar-refractivity contribution in [2.75, 3.05) is 0 Å². The van der Waals surface area contributed by atoms with Gasteiger partial charge in [-0.2, -0.15) is 0 Å². The zero-order chi connectivity index (χ0) is 11.0. The smallest absolute Gasteiger partial charge is 0.170 e. The van der Waals surface area contributed by atoms with Crippen molar-refractivity contribution in [1.82, 2.24) is 4.98 Å². The summed E-state index contributed by atoms with van der Waals surface area (Å²) in [6, 6.07) is 1.82. The molecule has 1 saturated heterocycles. The molecule has 3 nitrogen and oxygen atoms in total. The Kier molecular flexibility index (Phi) is 2.65. The molecule has 0 spiro atoms. The summed E-state index contributed by atoms with van der Waals surface area (Å²) >= 11 is 0. The van der Waals surface area contributed by atoms with Gasteiger partial charge in [0.25, 0.3) is 0 Å². The van der Waals surface area contributed by atoms with Crippen LogP contribution in [0.5, 0.6) is 0 Å². The standard InChI is InChI=1S/C12H17NO2/c1-7-8(2)15-9(3)11(7)12(14)10-4-5-13-6-10/h4-9,11,13H,1-3H3. The minimum Gasteiger partial charge on any atom is -0.374 e. The molecule has 1 aliphatic rings. The molecule has 4 unspecified atom stereocenters. The van der Waals surface area contributed by atoms with Gasteiger partial charge in [0, 0.05) is 18.0 Å². The maximum absolute atomic E-state index is 12.2. The largest absolute Gasteiger partial charge is 0.374 e. The van der Waals surface area contributed by atoms with E-state index in [9.17, 15) is 4.79 Å². The van der Waals surface area contributed by atoms with Crippen LogP contribution in [-0.2, 0) is 4.74 Å². The van der Waals surface area contributed by atoms with Gasteiger partial charge in [-0.3, -0.25) is 4.79 Å². The third-order valence-electron chi connectivity index (χ3n) is 3.43. The minimum atomic E-state index is -0.00389. The van der Waals surface area contributed by atoms with Crippen LogP contribution in [0, 0.1) is 11.8 Å². The van der Waals surface area contributed by atoms with Crippen molar-refractivity contribution in [3.63, 3.8) is 0 Å². The molecule has 0 bridgehead atoms. The SMILES string of the molecule is CC1OC(C)C(C(=O)c2cc[nH]c2)C1C. The van der Waals surface area contributed by atoms with Crippen molar-refractivity contribution in [2.45, 2.75) is 33.0 Å². The van der Waals surface area contributed by atoms with E-state index in [4.69, 9.17) is 4.74 Å². The van der Waals surface area contributed by atoms with Gasteiger partial charge in [0.15, 0.2) is 5.78 Å². The molecule has 0 aliphatic carbocycles. The third-order valence-corrected chi connectivity index (χ3v) is 3.43. The normalized spacial score (nSPS) is 35.7. The number of hydrogen-bond acceptors (Lipinski definition) is 2. The van der Waals surface area contributed by atoms with Gasteiger partial charge >= 0.3 is 0 Å². The van der Waals surface area contributed by atoms with Gasteiger partial charge in [-0.15, -0.1) is 0 Å². The summed E-state index contributed by atoms with van der Waals surface area (Å²) in [4.78, 5) is 15.1. The molecule has 15 heavy (non-hydrogen) atoms. The second-order valence-electron chi connectivity index (χ2n) is 4.40. The van der Waals surface area contributed by atoms with Crippen molar-refractivity contribution >= 4 is 5.78 Å². The topological polar surface area (TPSA) is 42.1 Å². The Morgan fingerprint density at radius 1 is 1.33 bits per heavy atom. The Labute approximate surface area is 89.8 Å².